The van der Waals surface area contributed by atoms with Crippen LogP contribution in [0, 0.1) is 5.82 Å². The number of hydrogen-bond donors (Lipinski definition) is 1. The van der Waals surface area contributed by atoms with Crippen molar-refractivity contribution in [3.05, 3.63) is 35.1 Å². The molecule has 18 heavy (non-hydrogen) atoms. The third kappa shape index (κ3) is 4.11. The summed E-state index contributed by atoms with van der Waals surface area (Å²) >= 11 is 0. The highest BCUT2D eigenvalue weighted by Gasteiger charge is 2.12. The van der Waals surface area contributed by atoms with Crippen LogP contribution >= 0.6 is 0 Å². The van der Waals surface area contributed by atoms with Crippen LogP contribution in [-0.2, 0) is 6.54 Å². The van der Waals surface area contributed by atoms with Gasteiger partial charge in [-0.05, 0) is 43.6 Å². The summed E-state index contributed by atoms with van der Waals surface area (Å²) in [5, 5.41) is 8.88. The lowest BCUT2D eigenvalue weighted by atomic mass is 10.1. The zero-order valence-electron chi connectivity index (χ0n) is 10.9. The molecule has 1 rings (SSSR count). The van der Waals surface area contributed by atoms with Crippen molar-refractivity contribution in [1.82, 2.24) is 4.90 Å². The molecule has 0 aromatic heterocycles. The molecule has 0 saturated carbocycles. The average molecular weight is 253 g/mol. The van der Waals surface area contributed by atoms with Gasteiger partial charge in [0.05, 0.1) is 5.56 Å². The van der Waals surface area contributed by atoms with Crippen LogP contribution in [0.1, 0.15) is 42.6 Å². The molecule has 1 N–H and O–H groups in total. The molecular formula is C14H20FNO2. The van der Waals surface area contributed by atoms with Crippen LogP contribution in [0.5, 0.6) is 0 Å². The summed E-state index contributed by atoms with van der Waals surface area (Å²) in [5.41, 5.74) is 0.594. The molecule has 0 aliphatic rings. The zero-order valence-corrected chi connectivity index (χ0v) is 10.9. The first kappa shape index (κ1) is 14.6. The van der Waals surface area contributed by atoms with Crippen LogP contribution < -0.4 is 0 Å². The first-order valence-electron chi connectivity index (χ1n) is 6.32. The van der Waals surface area contributed by atoms with Gasteiger partial charge in [-0.25, -0.2) is 9.18 Å². The number of carboxylic acid groups (broad SMARTS) is 1. The van der Waals surface area contributed by atoms with Crippen LogP contribution in [-0.4, -0.2) is 29.1 Å². The molecule has 0 atom stereocenters. The maximum Gasteiger partial charge on any atom is 0.338 e. The van der Waals surface area contributed by atoms with E-state index in [9.17, 15) is 9.18 Å². The van der Waals surface area contributed by atoms with Gasteiger partial charge in [-0.3, -0.25) is 4.90 Å². The molecule has 0 heterocycles. The van der Waals surface area contributed by atoms with Gasteiger partial charge in [-0.15, -0.1) is 0 Å². The van der Waals surface area contributed by atoms with E-state index in [2.05, 4.69) is 18.7 Å². The second kappa shape index (κ2) is 7.11. The van der Waals surface area contributed by atoms with Gasteiger partial charge in [-0.1, -0.05) is 19.9 Å². The molecule has 0 aliphatic carbocycles. The Morgan fingerprint density at radius 2 is 1.89 bits per heavy atom. The van der Waals surface area contributed by atoms with Crippen molar-refractivity contribution in [3.8, 4) is 0 Å². The number of carbonyl (C=O) groups is 1. The lowest BCUT2D eigenvalue weighted by Gasteiger charge is -2.21. The normalized spacial score (nSPS) is 10.9. The van der Waals surface area contributed by atoms with Gasteiger partial charge in [0.25, 0.3) is 0 Å². The van der Waals surface area contributed by atoms with E-state index in [4.69, 9.17) is 5.11 Å². The molecule has 3 nitrogen and oxygen atoms in total. The van der Waals surface area contributed by atoms with E-state index in [1.54, 1.807) is 6.07 Å². The lowest BCUT2D eigenvalue weighted by molar-refractivity contribution is 0.0691. The smallest absolute Gasteiger partial charge is 0.338 e. The molecule has 0 radical (unpaired) electrons. The fraction of sp³-hybridized carbons (Fsp3) is 0.500. The summed E-state index contributed by atoms with van der Waals surface area (Å²) in [6.07, 6.45) is 2.10. The molecule has 0 aliphatic heterocycles. The lowest BCUT2D eigenvalue weighted by Crippen LogP contribution is -2.25. The minimum atomic E-state index is -1.22. The first-order chi connectivity index (χ1) is 8.58. The highest BCUT2D eigenvalue weighted by atomic mass is 19.1. The first-order valence-corrected chi connectivity index (χ1v) is 6.32. The predicted molar refractivity (Wildman–Crippen MR) is 69.2 cm³/mol. The summed E-state index contributed by atoms with van der Waals surface area (Å²) in [6, 6.07) is 4.31. The molecule has 0 spiro atoms. The molecule has 0 fully saturated rings. The highest BCUT2D eigenvalue weighted by Crippen LogP contribution is 2.13. The average Bonchev–Trinajstić information content (AvgIpc) is 2.32. The molecule has 0 amide bonds. The summed E-state index contributed by atoms with van der Waals surface area (Å²) in [7, 11) is 0. The highest BCUT2D eigenvalue weighted by molar-refractivity contribution is 5.88. The molecule has 1 aromatic carbocycles. The van der Waals surface area contributed by atoms with Gasteiger partial charge in [0.1, 0.15) is 5.82 Å². The minimum absolute atomic E-state index is 0.250. The largest absolute Gasteiger partial charge is 0.478 e. The quantitative estimate of drug-likeness (QED) is 0.811. The second-order valence-electron chi connectivity index (χ2n) is 4.40. The molecule has 1 aromatic rings. The number of aromatic carboxylic acids is 1. The van der Waals surface area contributed by atoms with Crippen LogP contribution in [0.15, 0.2) is 18.2 Å². The van der Waals surface area contributed by atoms with Crippen molar-refractivity contribution >= 4 is 5.97 Å². The van der Waals surface area contributed by atoms with E-state index in [0.29, 0.717) is 6.54 Å². The summed E-state index contributed by atoms with van der Waals surface area (Å²) in [4.78, 5) is 13.1. The van der Waals surface area contributed by atoms with Crippen LogP contribution in [0.4, 0.5) is 4.39 Å². The number of nitrogens with zero attached hydrogens (tertiary/aromatic N) is 1. The van der Waals surface area contributed by atoms with Gasteiger partial charge in [-0.2, -0.15) is 0 Å². The van der Waals surface area contributed by atoms with Gasteiger partial charge in [0.2, 0.25) is 0 Å². The van der Waals surface area contributed by atoms with E-state index < -0.39 is 11.8 Å². The molecular weight excluding hydrogens is 233 g/mol. The Balaban J connectivity index is 2.82. The van der Waals surface area contributed by atoms with Crippen LogP contribution in [0.25, 0.3) is 0 Å². The Bertz CT molecular complexity index is 401. The number of carboxylic acids is 1. The van der Waals surface area contributed by atoms with Crippen molar-refractivity contribution < 1.29 is 14.3 Å². The van der Waals surface area contributed by atoms with E-state index in [1.165, 1.54) is 12.1 Å². The third-order valence-electron chi connectivity index (χ3n) is 2.75. The monoisotopic (exact) mass is 253 g/mol. The fourth-order valence-electron chi connectivity index (χ4n) is 2.00. The van der Waals surface area contributed by atoms with Crippen LogP contribution in [0.2, 0.25) is 0 Å². The minimum Gasteiger partial charge on any atom is -0.478 e. The summed E-state index contributed by atoms with van der Waals surface area (Å²) in [5.74, 6) is -1.89. The Labute approximate surface area is 107 Å². The molecule has 0 saturated heterocycles. The van der Waals surface area contributed by atoms with Crippen molar-refractivity contribution in [2.75, 3.05) is 13.1 Å². The standard InChI is InChI=1S/C14H20FNO2/c1-3-7-16(8-4-2)10-11-5-6-13(15)12(9-11)14(17)18/h5-6,9H,3-4,7-8,10H2,1-2H3,(H,17,18). The number of rotatable bonds is 7. The second-order valence-corrected chi connectivity index (χ2v) is 4.40. The fourth-order valence-corrected chi connectivity index (χ4v) is 2.00. The maximum atomic E-state index is 13.3. The van der Waals surface area contributed by atoms with E-state index in [1.807, 2.05) is 0 Å². The third-order valence-corrected chi connectivity index (χ3v) is 2.75. The van der Waals surface area contributed by atoms with E-state index in [0.717, 1.165) is 31.5 Å². The van der Waals surface area contributed by atoms with Gasteiger partial charge in [0.15, 0.2) is 0 Å². The van der Waals surface area contributed by atoms with Gasteiger partial charge in [0, 0.05) is 6.54 Å². The van der Waals surface area contributed by atoms with Crippen molar-refractivity contribution in [2.45, 2.75) is 33.2 Å². The summed E-state index contributed by atoms with van der Waals surface area (Å²) < 4.78 is 13.3. The number of benzene rings is 1. The Morgan fingerprint density at radius 3 is 2.39 bits per heavy atom. The molecule has 4 heteroatoms. The molecule has 0 unspecified atom stereocenters. The molecule has 0 bridgehead atoms. The maximum absolute atomic E-state index is 13.3. The summed E-state index contributed by atoms with van der Waals surface area (Å²) in [6.45, 7) is 6.81. The Hall–Kier alpha value is -1.42. The van der Waals surface area contributed by atoms with Gasteiger partial charge >= 0.3 is 5.97 Å². The topological polar surface area (TPSA) is 40.5 Å². The number of hydrogen-bond acceptors (Lipinski definition) is 2. The Kier molecular flexibility index (Phi) is 5.78. The van der Waals surface area contributed by atoms with E-state index >= 15 is 0 Å². The van der Waals surface area contributed by atoms with Crippen molar-refractivity contribution in [1.29, 1.82) is 0 Å². The number of halogens is 1. The SMILES string of the molecule is CCCN(CCC)Cc1ccc(F)c(C(=O)O)c1. The van der Waals surface area contributed by atoms with E-state index in [-0.39, 0.29) is 5.56 Å². The Morgan fingerprint density at radius 1 is 1.28 bits per heavy atom. The predicted octanol–water partition coefficient (Wildman–Crippen LogP) is 3.15. The van der Waals surface area contributed by atoms with Crippen LogP contribution in [0.3, 0.4) is 0 Å². The van der Waals surface area contributed by atoms with Gasteiger partial charge < -0.3 is 5.11 Å². The zero-order chi connectivity index (χ0) is 13.5. The molecule has 100 valence electrons. The van der Waals surface area contributed by atoms with Crippen molar-refractivity contribution in [3.63, 3.8) is 0 Å². The van der Waals surface area contributed by atoms with Crippen molar-refractivity contribution in [2.24, 2.45) is 0 Å².